The number of nitrogens with one attached hydrogen (secondary N) is 1. The molecule has 0 saturated carbocycles. The van der Waals surface area contributed by atoms with E-state index in [0.29, 0.717) is 19.0 Å². The van der Waals surface area contributed by atoms with Gasteiger partial charge in [-0.3, -0.25) is 4.90 Å². The molecule has 1 aromatic carbocycles. The Bertz CT molecular complexity index is 436. The quantitative estimate of drug-likeness (QED) is 0.434. The fourth-order valence-electron chi connectivity index (χ4n) is 1.94. The molecule has 1 rings (SSSR count). The van der Waals surface area contributed by atoms with Gasteiger partial charge in [0.05, 0.1) is 6.54 Å². The number of nitrogens with zero attached hydrogens (tertiary/aromatic N) is 2. The summed E-state index contributed by atoms with van der Waals surface area (Å²) in [5, 5.41) is 2.97. The molecule has 0 radical (unpaired) electrons. The summed E-state index contributed by atoms with van der Waals surface area (Å²) < 4.78 is 0. The van der Waals surface area contributed by atoms with Crippen molar-refractivity contribution in [3.05, 3.63) is 48.0 Å². The van der Waals surface area contributed by atoms with Crippen molar-refractivity contribution in [3.8, 4) is 0 Å². The molecular formula is C16H26N4. The highest BCUT2D eigenvalue weighted by Gasteiger charge is 2.02. The Morgan fingerprint density at radius 3 is 2.70 bits per heavy atom. The molecule has 0 saturated heterocycles. The molecule has 0 atom stereocenters. The molecule has 110 valence electrons. The molecule has 20 heavy (non-hydrogen) atoms. The summed E-state index contributed by atoms with van der Waals surface area (Å²) in [4.78, 5) is 6.71. The Morgan fingerprint density at radius 2 is 2.05 bits per heavy atom. The average Bonchev–Trinajstić information content (AvgIpc) is 2.49. The molecule has 0 fully saturated rings. The van der Waals surface area contributed by atoms with Crippen LogP contribution in [0, 0.1) is 0 Å². The van der Waals surface area contributed by atoms with Crippen molar-refractivity contribution in [2.24, 2.45) is 10.7 Å². The number of hydrogen-bond acceptors (Lipinski definition) is 2. The van der Waals surface area contributed by atoms with Gasteiger partial charge in [-0.15, -0.1) is 6.58 Å². The average molecular weight is 274 g/mol. The molecule has 0 aliphatic rings. The van der Waals surface area contributed by atoms with Gasteiger partial charge in [0.1, 0.15) is 0 Å². The number of rotatable bonds is 8. The summed E-state index contributed by atoms with van der Waals surface area (Å²) in [6.07, 6.45) is 1.76. The molecule has 4 heteroatoms. The molecule has 4 nitrogen and oxygen atoms in total. The molecule has 1 aromatic rings. The van der Waals surface area contributed by atoms with Crippen LogP contribution in [-0.2, 0) is 13.1 Å². The van der Waals surface area contributed by atoms with Crippen LogP contribution in [0.2, 0.25) is 0 Å². The minimum absolute atomic E-state index is 0.457. The first-order valence-corrected chi connectivity index (χ1v) is 7.14. The molecule has 0 bridgehead atoms. The monoisotopic (exact) mass is 274 g/mol. The number of hydrogen-bond donors (Lipinski definition) is 2. The van der Waals surface area contributed by atoms with E-state index in [1.54, 1.807) is 6.08 Å². The van der Waals surface area contributed by atoms with E-state index in [1.165, 1.54) is 11.1 Å². The highest BCUT2D eigenvalue weighted by Crippen LogP contribution is 2.09. The van der Waals surface area contributed by atoms with Crippen molar-refractivity contribution < 1.29 is 0 Å². The zero-order valence-corrected chi connectivity index (χ0v) is 12.6. The fourth-order valence-corrected chi connectivity index (χ4v) is 1.94. The van der Waals surface area contributed by atoms with Gasteiger partial charge in [0.15, 0.2) is 5.96 Å². The number of guanidine groups is 1. The Hall–Kier alpha value is -1.81. The molecule has 0 amide bonds. The van der Waals surface area contributed by atoms with Gasteiger partial charge in [-0.25, -0.2) is 4.99 Å². The number of benzene rings is 1. The SMILES string of the molecule is C=CCNC(N)=NCc1cccc(CN(CC)CC)c1. The molecule has 0 aliphatic heterocycles. The van der Waals surface area contributed by atoms with Crippen LogP contribution < -0.4 is 11.1 Å². The lowest BCUT2D eigenvalue weighted by molar-refractivity contribution is 0.296. The summed E-state index contributed by atoms with van der Waals surface area (Å²) in [7, 11) is 0. The van der Waals surface area contributed by atoms with Crippen LogP contribution in [-0.4, -0.2) is 30.5 Å². The lowest BCUT2D eigenvalue weighted by Crippen LogP contribution is -2.31. The predicted octanol–water partition coefficient (Wildman–Crippen LogP) is 2.12. The maximum absolute atomic E-state index is 5.75. The van der Waals surface area contributed by atoms with Gasteiger partial charge >= 0.3 is 0 Å². The van der Waals surface area contributed by atoms with Crippen molar-refractivity contribution in [2.45, 2.75) is 26.9 Å². The highest BCUT2D eigenvalue weighted by molar-refractivity contribution is 5.77. The van der Waals surface area contributed by atoms with Crippen LogP contribution in [0.4, 0.5) is 0 Å². The Balaban J connectivity index is 2.61. The van der Waals surface area contributed by atoms with Crippen LogP contribution in [0.5, 0.6) is 0 Å². The van der Waals surface area contributed by atoms with E-state index in [2.05, 4.69) is 59.9 Å². The topological polar surface area (TPSA) is 53.6 Å². The fraction of sp³-hybridized carbons (Fsp3) is 0.438. The summed E-state index contributed by atoms with van der Waals surface area (Å²) in [6.45, 7) is 12.3. The molecule has 0 unspecified atom stereocenters. The van der Waals surface area contributed by atoms with Crippen molar-refractivity contribution in [1.82, 2.24) is 10.2 Å². The molecular weight excluding hydrogens is 248 g/mol. The summed E-state index contributed by atoms with van der Waals surface area (Å²) in [5.41, 5.74) is 8.25. The van der Waals surface area contributed by atoms with Crippen LogP contribution in [0.25, 0.3) is 0 Å². The third kappa shape index (κ3) is 5.89. The maximum Gasteiger partial charge on any atom is 0.189 e. The summed E-state index contributed by atoms with van der Waals surface area (Å²) in [6, 6.07) is 8.51. The molecule has 0 spiro atoms. The summed E-state index contributed by atoms with van der Waals surface area (Å²) in [5.74, 6) is 0.457. The molecule has 3 N–H and O–H groups in total. The van der Waals surface area contributed by atoms with E-state index in [-0.39, 0.29) is 0 Å². The van der Waals surface area contributed by atoms with Crippen molar-refractivity contribution >= 4 is 5.96 Å². The van der Waals surface area contributed by atoms with Gasteiger partial charge in [-0.1, -0.05) is 44.2 Å². The van der Waals surface area contributed by atoms with E-state index in [0.717, 1.165) is 19.6 Å². The Morgan fingerprint density at radius 1 is 1.35 bits per heavy atom. The standard InChI is InChI=1S/C16H26N4/c1-4-10-18-16(17)19-12-14-8-7-9-15(11-14)13-20(5-2)6-3/h4,7-9,11H,1,5-6,10,12-13H2,2-3H3,(H3,17,18,19). The van der Waals surface area contributed by atoms with E-state index >= 15 is 0 Å². The Labute approximate surface area is 122 Å². The van der Waals surface area contributed by atoms with Gasteiger partial charge in [-0.05, 0) is 24.2 Å². The van der Waals surface area contributed by atoms with Crippen LogP contribution >= 0.6 is 0 Å². The van der Waals surface area contributed by atoms with Crippen LogP contribution in [0.1, 0.15) is 25.0 Å². The third-order valence-corrected chi connectivity index (χ3v) is 3.15. The van der Waals surface area contributed by atoms with Crippen molar-refractivity contribution in [2.75, 3.05) is 19.6 Å². The maximum atomic E-state index is 5.75. The molecule has 0 aliphatic carbocycles. The number of nitrogens with two attached hydrogens (primary N) is 1. The second-order valence-electron chi connectivity index (χ2n) is 4.65. The smallest absolute Gasteiger partial charge is 0.189 e. The second-order valence-corrected chi connectivity index (χ2v) is 4.65. The first-order valence-electron chi connectivity index (χ1n) is 7.14. The van der Waals surface area contributed by atoms with Gasteiger partial charge in [0, 0.05) is 13.1 Å². The van der Waals surface area contributed by atoms with E-state index in [1.807, 2.05) is 0 Å². The van der Waals surface area contributed by atoms with Gasteiger partial charge < -0.3 is 11.1 Å². The van der Waals surface area contributed by atoms with Crippen molar-refractivity contribution in [3.63, 3.8) is 0 Å². The first-order chi connectivity index (χ1) is 9.69. The first kappa shape index (κ1) is 16.2. The molecule has 0 heterocycles. The number of aliphatic imine (C=N–C) groups is 1. The Kier molecular flexibility index (Phi) is 7.43. The zero-order valence-electron chi connectivity index (χ0n) is 12.6. The summed E-state index contributed by atoms with van der Waals surface area (Å²) >= 11 is 0. The van der Waals surface area contributed by atoms with E-state index < -0.39 is 0 Å². The largest absolute Gasteiger partial charge is 0.370 e. The predicted molar refractivity (Wildman–Crippen MR) is 86.6 cm³/mol. The molecule has 0 aromatic heterocycles. The third-order valence-electron chi connectivity index (χ3n) is 3.15. The van der Waals surface area contributed by atoms with E-state index in [9.17, 15) is 0 Å². The van der Waals surface area contributed by atoms with Gasteiger partial charge in [0.25, 0.3) is 0 Å². The minimum Gasteiger partial charge on any atom is -0.370 e. The van der Waals surface area contributed by atoms with Gasteiger partial charge in [0.2, 0.25) is 0 Å². The highest BCUT2D eigenvalue weighted by atomic mass is 15.1. The normalized spacial score (nSPS) is 11.7. The lowest BCUT2D eigenvalue weighted by Gasteiger charge is -2.18. The van der Waals surface area contributed by atoms with Crippen LogP contribution in [0.15, 0.2) is 41.9 Å². The lowest BCUT2D eigenvalue weighted by atomic mass is 10.1. The minimum atomic E-state index is 0.457. The van der Waals surface area contributed by atoms with E-state index in [4.69, 9.17) is 5.73 Å². The zero-order chi connectivity index (χ0) is 14.8. The second kappa shape index (κ2) is 9.15. The van der Waals surface area contributed by atoms with Crippen LogP contribution in [0.3, 0.4) is 0 Å². The van der Waals surface area contributed by atoms with Crippen molar-refractivity contribution in [1.29, 1.82) is 0 Å². The van der Waals surface area contributed by atoms with Gasteiger partial charge in [-0.2, -0.15) is 0 Å².